The molecule has 1 aromatic heterocycles. The number of hydrazine groups is 1. The lowest BCUT2D eigenvalue weighted by Crippen LogP contribution is -2.47. The Morgan fingerprint density at radius 2 is 2.11 bits per heavy atom. The summed E-state index contributed by atoms with van der Waals surface area (Å²) < 4.78 is 0. The van der Waals surface area contributed by atoms with Crippen LogP contribution in [0.2, 0.25) is 0 Å². The number of nitrogens with zero attached hydrogens (tertiary/aromatic N) is 4. The van der Waals surface area contributed by atoms with Crippen LogP contribution < -0.4 is 16.2 Å². The summed E-state index contributed by atoms with van der Waals surface area (Å²) in [5, 5.41) is 8.92. The molecule has 0 saturated carbocycles. The molecule has 1 aromatic rings. The summed E-state index contributed by atoms with van der Waals surface area (Å²) in [5.41, 5.74) is 3.52. The van der Waals surface area contributed by atoms with Crippen LogP contribution in [0.15, 0.2) is 6.20 Å². The van der Waals surface area contributed by atoms with Crippen LogP contribution in [0.3, 0.4) is 0 Å². The first kappa shape index (κ1) is 13.0. The Morgan fingerprint density at radius 1 is 1.39 bits per heavy atom. The van der Waals surface area contributed by atoms with Crippen molar-refractivity contribution < 1.29 is 5.11 Å². The van der Waals surface area contributed by atoms with Gasteiger partial charge >= 0.3 is 0 Å². The molecule has 0 radical (unpaired) electrons. The monoisotopic (exact) mass is 252 g/mol. The van der Waals surface area contributed by atoms with E-state index in [9.17, 15) is 0 Å². The number of nitrogens with one attached hydrogen (secondary N) is 1. The number of hydrogen-bond acceptors (Lipinski definition) is 7. The minimum absolute atomic E-state index is 0.216. The van der Waals surface area contributed by atoms with Gasteiger partial charge in [-0.15, -0.1) is 0 Å². The maximum absolute atomic E-state index is 8.92. The van der Waals surface area contributed by atoms with Gasteiger partial charge in [0, 0.05) is 44.5 Å². The van der Waals surface area contributed by atoms with E-state index in [0.29, 0.717) is 5.95 Å². The first-order valence-corrected chi connectivity index (χ1v) is 6.13. The summed E-state index contributed by atoms with van der Waals surface area (Å²) in [5.74, 6) is 6.70. The molecule has 2 rings (SSSR count). The minimum atomic E-state index is 0.216. The van der Waals surface area contributed by atoms with E-state index in [1.165, 1.54) is 0 Å². The van der Waals surface area contributed by atoms with E-state index in [1.807, 2.05) is 6.92 Å². The summed E-state index contributed by atoms with van der Waals surface area (Å²) in [6.45, 7) is 6.64. The van der Waals surface area contributed by atoms with Gasteiger partial charge in [0.25, 0.3) is 0 Å². The van der Waals surface area contributed by atoms with Crippen LogP contribution in [0.25, 0.3) is 0 Å². The topological polar surface area (TPSA) is 90.5 Å². The van der Waals surface area contributed by atoms with Crippen LogP contribution >= 0.6 is 0 Å². The van der Waals surface area contributed by atoms with Gasteiger partial charge in [0.2, 0.25) is 5.95 Å². The molecule has 0 amide bonds. The lowest BCUT2D eigenvalue weighted by atomic mass is 10.2. The Morgan fingerprint density at radius 3 is 2.72 bits per heavy atom. The standard InChI is InChI=1S/C11H20N6O/c1-9-8-13-11(15-12)14-10(9)17-4-2-16(3-5-17)6-7-18/h8,18H,2-7,12H2,1H3,(H,13,14,15). The highest BCUT2D eigenvalue weighted by atomic mass is 16.3. The zero-order valence-corrected chi connectivity index (χ0v) is 10.6. The highest BCUT2D eigenvalue weighted by Gasteiger charge is 2.19. The van der Waals surface area contributed by atoms with Crippen LogP contribution in [-0.2, 0) is 0 Å². The fraction of sp³-hybridized carbons (Fsp3) is 0.636. The van der Waals surface area contributed by atoms with Gasteiger partial charge in [-0.05, 0) is 6.92 Å². The Labute approximate surface area is 107 Å². The van der Waals surface area contributed by atoms with Crippen molar-refractivity contribution in [2.24, 2.45) is 5.84 Å². The third-order valence-corrected chi connectivity index (χ3v) is 3.16. The second kappa shape index (κ2) is 5.94. The van der Waals surface area contributed by atoms with E-state index < -0.39 is 0 Å². The molecule has 4 N–H and O–H groups in total. The van der Waals surface area contributed by atoms with Gasteiger partial charge in [-0.25, -0.2) is 10.8 Å². The van der Waals surface area contributed by atoms with Crippen LogP contribution in [0.4, 0.5) is 11.8 Å². The van der Waals surface area contributed by atoms with Crippen LogP contribution in [0.1, 0.15) is 5.56 Å². The molecule has 1 saturated heterocycles. The average Bonchev–Trinajstić information content (AvgIpc) is 2.41. The van der Waals surface area contributed by atoms with E-state index in [1.54, 1.807) is 6.20 Å². The Balaban J connectivity index is 2.04. The van der Waals surface area contributed by atoms with Gasteiger partial charge in [0.05, 0.1) is 6.61 Å². The van der Waals surface area contributed by atoms with E-state index in [-0.39, 0.29) is 6.61 Å². The Kier molecular flexibility index (Phi) is 4.29. The van der Waals surface area contributed by atoms with Gasteiger partial charge in [-0.2, -0.15) is 4.98 Å². The molecule has 0 bridgehead atoms. The molecule has 0 atom stereocenters. The number of nitrogen functional groups attached to an aromatic ring is 1. The predicted molar refractivity (Wildman–Crippen MR) is 70.3 cm³/mol. The summed E-state index contributed by atoms with van der Waals surface area (Å²) in [6, 6.07) is 0. The molecule has 7 nitrogen and oxygen atoms in total. The zero-order valence-electron chi connectivity index (χ0n) is 10.6. The Hall–Kier alpha value is -1.44. The van der Waals surface area contributed by atoms with Crippen molar-refractivity contribution in [3.05, 3.63) is 11.8 Å². The van der Waals surface area contributed by atoms with Crippen molar-refractivity contribution in [3.63, 3.8) is 0 Å². The minimum Gasteiger partial charge on any atom is -0.395 e. The molecule has 100 valence electrons. The van der Waals surface area contributed by atoms with E-state index in [0.717, 1.165) is 44.1 Å². The molecule has 0 unspecified atom stereocenters. The largest absolute Gasteiger partial charge is 0.395 e. The number of aliphatic hydroxyl groups excluding tert-OH is 1. The van der Waals surface area contributed by atoms with Crippen LogP contribution in [0, 0.1) is 6.92 Å². The van der Waals surface area contributed by atoms with Gasteiger partial charge in [0.15, 0.2) is 0 Å². The fourth-order valence-corrected chi connectivity index (χ4v) is 2.15. The number of aryl methyl sites for hydroxylation is 1. The second-order valence-corrected chi connectivity index (χ2v) is 4.40. The van der Waals surface area contributed by atoms with Crippen molar-refractivity contribution >= 4 is 11.8 Å². The summed E-state index contributed by atoms with van der Waals surface area (Å²) in [6.07, 6.45) is 1.78. The number of nitrogens with two attached hydrogens (primary N) is 1. The van der Waals surface area contributed by atoms with Gasteiger partial charge in [0.1, 0.15) is 5.82 Å². The molecular formula is C11H20N6O. The zero-order chi connectivity index (χ0) is 13.0. The number of anilines is 2. The highest BCUT2D eigenvalue weighted by Crippen LogP contribution is 2.19. The smallest absolute Gasteiger partial charge is 0.239 e. The molecule has 7 heteroatoms. The van der Waals surface area contributed by atoms with E-state index >= 15 is 0 Å². The molecule has 0 aliphatic carbocycles. The van der Waals surface area contributed by atoms with Crippen molar-refractivity contribution in [1.82, 2.24) is 14.9 Å². The van der Waals surface area contributed by atoms with Crippen LogP contribution in [-0.4, -0.2) is 59.3 Å². The molecule has 0 spiro atoms. The quantitative estimate of drug-likeness (QED) is 0.476. The molecular weight excluding hydrogens is 232 g/mol. The lowest BCUT2D eigenvalue weighted by Gasteiger charge is -2.35. The lowest BCUT2D eigenvalue weighted by molar-refractivity contribution is 0.188. The Bertz CT molecular complexity index is 391. The SMILES string of the molecule is Cc1cnc(NN)nc1N1CCN(CCO)CC1. The molecule has 0 aromatic carbocycles. The molecule has 1 fully saturated rings. The van der Waals surface area contributed by atoms with Crippen molar-refractivity contribution in [3.8, 4) is 0 Å². The number of piperazine rings is 1. The molecule has 2 heterocycles. The first-order chi connectivity index (χ1) is 8.74. The molecule has 1 aliphatic rings. The maximum Gasteiger partial charge on any atom is 0.239 e. The summed E-state index contributed by atoms with van der Waals surface area (Å²) >= 11 is 0. The van der Waals surface area contributed by atoms with Crippen molar-refractivity contribution in [2.45, 2.75) is 6.92 Å². The third-order valence-electron chi connectivity index (χ3n) is 3.16. The normalized spacial score (nSPS) is 16.9. The third kappa shape index (κ3) is 2.87. The van der Waals surface area contributed by atoms with E-state index in [4.69, 9.17) is 10.9 Å². The highest BCUT2D eigenvalue weighted by molar-refractivity contribution is 5.49. The number of aromatic nitrogens is 2. The molecule has 18 heavy (non-hydrogen) atoms. The summed E-state index contributed by atoms with van der Waals surface area (Å²) in [4.78, 5) is 12.9. The molecule has 1 aliphatic heterocycles. The maximum atomic E-state index is 8.92. The number of rotatable bonds is 4. The van der Waals surface area contributed by atoms with E-state index in [2.05, 4.69) is 25.2 Å². The predicted octanol–water partition coefficient (Wildman–Crippen LogP) is -0.815. The second-order valence-electron chi connectivity index (χ2n) is 4.40. The fourth-order valence-electron chi connectivity index (χ4n) is 2.15. The van der Waals surface area contributed by atoms with Gasteiger partial charge < -0.3 is 10.0 Å². The van der Waals surface area contributed by atoms with Crippen molar-refractivity contribution in [2.75, 3.05) is 49.7 Å². The number of aliphatic hydroxyl groups is 1. The van der Waals surface area contributed by atoms with Crippen molar-refractivity contribution in [1.29, 1.82) is 0 Å². The first-order valence-electron chi connectivity index (χ1n) is 6.13. The average molecular weight is 252 g/mol. The van der Waals surface area contributed by atoms with Gasteiger partial charge in [-0.1, -0.05) is 0 Å². The van der Waals surface area contributed by atoms with Gasteiger partial charge in [-0.3, -0.25) is 10.3 Å². The number of β-amino-alcohol motifs (C(OH)–C–C–N with tert-alkyl or cyclic N) is 1. The summed E-state index contributed by atoms with van der Waals surface area (Å²) in [7, 11) is 0. The van der Waals surface area contributed by atoms with Crippen LogP contribution in [0.5, 0.6) is 0 Å². The number of hydrogen-bond donors (Lipinski definition) is 3.